The number of anilines is 2. The van der Waals surface area contributed by atoms with Crippen LogP contribution < -0.4 is 15.5 Å². The van der Waals surface area contributed by atoms with Crippen LogP contribution in [-0.4, -0.2) is 56.2 Å². The fraction of sp³-hybridized carbons (Fsp3) is 0.308. The summed E-state index contributed by atoms with van der Waals surface area (Å²) in [6, 6.07) is 19.3. The molecule has 7 heteroatoms. The molecule has 3 aromatic rings. The molecular weight excluding hydrogens is 416 g/mol. The average molecular weight is 447 g/mol. The van der Waals surface area contributed by atoms with E-state index in [4.69, 9.17) is 4.74 Å². The summed E-state index contributed by atoms with van der Waals surface area (Å²) in [6.45, 7) is 6.68. The van der Waals surface area contributed by atoms with Crippen molar-refractivity contribution in [1.82, 2.24) is 9.88 Å². The lowest BCUT2D eigenvalue weighted by molar-refractivity contribution is -0.112. The lowest BCUT2D eigenvalue weighted by atomic mass is 10.0. The zero-order chi connectivity index (χ0) is 23.2. The van der Waals surface area contributed by atoms with Gasteiger partial charge in [0.1, 0.15) is 5.69 Å². The highest BCUT2D eigenvalue weighted by atomic mass is 16.5. The molecule has 7 nitrogen and oxygen atoms in total. The van der Waals surface area contributed by atoms with Gasteiger partial charge in [0.2, 0.25) is 0 Å². The van der Waals surface area contributed by atoms with E-state index in [1.807, 2.05) is 72.2 Å². The molecule has 0 atom stereocenters. The van der Waals surface area contributed by atoms with Crippen LogP contribution >= 0.6 is 0 Å². The van der Waals surface area contributed by atoms with Crippen LogP contribution in [0.3, 0.4) is 0 Å². The van der Waals surface area contributed by atoms with Crippen LogP contribution in [0.5, 0.6) is 0 Å². The van der Waals surface area contributed by atoms with E-state index in [1.54, 1.807) is 7.11 Å². The smallest absolute Gasteiger partial charge is 0.298 e. The van der Waals surface area contributed by atoms with E-state index in [2.05, 4.69) is 15.5 Å². The lowest BCUT2D eigenvalue weighted by Crippen LogP contribution is -2.43. The molecule has 1 fully saturated rings. The average Bonchev–Trinajstić information content (AvgIpc) is 3.19. The Hall–Kier alpha value is -3.42. The summed E-state index contributed by atoms with van der Waals surface area (Å²) in [5, 5.41) is 6.12. The second kappa shape index (κ2) is 10.5. The van der Waals surface area contributed by atoms with Crippen molar-refractivity contribution in [3.8, 4) is 11.1 Å². The Bertz CT molecular complexity index is 1100. The van der Waals surface area contributed by atoms with E-state index in [-0.39, 0.29) is 0 Å². The van der Waals surface area contributed by atoms with Gasteiger partial charge in [0.15, 0.2) is 0 Å². The number of methoxy groups -OCH3 is 1. The number of nitrogens with one attached hydrogen (secondary N) is 2. The normalized spacial score (nSPS) is 13.7. The quantitative estimate of drug-likeness (QED) is 0.410. The number of aromatic nitrogens is 1. The van der Waals surface area contributed by atoms with Crippen LogP contribution in [0.25, 0.3) is 11.1 Å². The SMILES string of the molecule is COCCn1c(C)cc(-c2ccccc2)c1C(=O)C(=O)Nc1ccc(N2CCNCC2)cc1. The van der Waals surface area contributed by atoms with Crippen LogP contribution in [0, 0.1) is 6.92 Å². The minimum absolute atomic E-state index is 0.380. The number of carbonyl (C=O) groups is 2. The first-order valence-electron chi connectivity index (χ1n) is 11.2. The molecule has 0 saturated carbocycles. The predicted octanol–water partition coefficient (Wildman–Crippen LogP) is 3.34. The van der Waals surface area contributed by atoms with Gasteiger partial charge in [-0.15, -0.1) is 0 Å². The van der Waals surface area contributed by atoms with E-state index in [0.29, 0.717) is 24.5 Å². The summed E-state index contributed by atoms with van der Waals surface area (Å²) in [6.07, 6.45) is 0. The highest BCUT2D eigenvalue weighted by Gasteiger charge is 2.26. The number of benzene rings is 2. The van der Waals surface area contributed by atoms with Crippen molar-refractivity contribution in [3.63, 3.8) is 0 Å². The molecule has 0 bridgehead atoms. The van der Waals surface area contributed by atoms with E-state index >= 15 is 0 Å². The molecule has 1 aliphatic heterocycles. The summed E-state index contributed by atoms with van der Waals surface area (Å²) in [5.41, 5.74) is 4.64. The van der Waals surface area contributed by atoms with Crippen molar-refractivity contribution >= 4 is 23.1 Å². The molecule has 2 aromatic carbocycles. The number of ketones is 1. The van der Waals surface area contributed by atoms with Gasteiger partial charge in [0.05, 0.1) is 6.61 Å². The van der Waals surface area contributed by atoms with E-state index < -0.39 is 11.7 Å². The van der Waals surface area contributed by atoms with Gasteiger partial charge in [-0.1, -0.05) is 30.3 Å². The minimum Gasteiger partial charge on any atom is -0.383 e. The Morgan fingerprint density at radius 1 is 1.03 bits per heavy atom. The number of hydrogen-bond acceptors (Lipinski definition) is 5. The highest BCUT2D eigenvalue weighted by Crippen LogP contribution is 2.28. The van der Waals surface area contributed by atoms with Crippen molar-refractivity contribution in [1.29, 1.82) is 0 Å². The molecule has 1 aromatic heterocycles. The van der Waals surface area contributed by atoms with Gasteiger partial charge in [-0.25, -0.2) is 0 Å². The van der Waals surface area contributed by atoms with E-state index in [1.165, 1.54) is 0 Å². The molecule has 172 valence electrons. The van der Waals surface area contributed by atoms with Crippen LogP contribution in [0.1, 0.15) is 16.2 Å². The Morgan fingerprint density at radius 3 is 2.39 bits per heavy atom. The third-order valence-corrected chi connectivity index (χ3v) is 5.94. The second-order valence-electron chi connectivity index (χ2n) is 8.13. The molecule has 4 rings (SSSR count). The Labute approximate surface area is 194 Å². The first kappa shape index (κ1) is 22.8. The van der Waals surface area contributed by atoms with Gasteiger partial charge in [0, 0.05) is 62.5 Å². The summed E-state index contributed by atoms with van der Waals surface area (Å²) in [4.78, 5) is 28.7. The molecule has 1 aliphatic rings. The maximum absolute atomic E-state index is 13.4. The first-order chi connectivity index (χ1) is 16.1. The number of carbonyl (C=O) groups excluding carboxylic acids is 2. The van der Waals surface area contributed by atoms with Crippen LogP contribution in [0.4, 0.5) is 11.4 Å². The lowest BCUT2D eigenvalue weighted by Gasteiger charge is -2.29. The van der Waals surface area contributed by atoms with Crippen molar-refractivity contribution in [3.05, 3.63) is 72.1 Å². The molecule has 2 N–H and O–H groups in total. The fourth-order valence-corrected chi connectivity index (χ4v) is 4.20. The molecular formula is C26H30N4O3. The summed E-state index contributed by atoms with van der Waals surface area (Å²) < 4.78 is 7.09. The van der Waals surface area contributed by atoms with Crippen LogP contribution in [0.2, 0.25) is 0 Å². The van der Waals surface area contributed by atoms with Crippen LogP contribution in [0.15, 0.2) is 60.7 Å². The van der Waals surface area contributed by atoms with Crippen LogP contribution in [-0.2, 0) is 16.1 Å². The largest absolute Gasteiger partial charge is 0.383 e. The molecule has 33 heavy (non-hydrogen) atoms. The number of piperazine rings is 1. The third kappa shape index (κ3) is 5.16. The van der Waals surface area contributed by atoms with Gasteiger partial charge in [-0.2, -0.15) is 0 Å². The monoisotopic (exact) mass is 446 g/mol. The number of nitrogens with zero attached hydrogens (tertiary/aromatic N) is 2. The Morgan fingerprint density at radius 2 is 1.73 bits per heavy atom. The van der Waals surface area contributed by atoms with Crippen molar-refractivity contribution in [2.45, 2.75) is 13.5 Å². The molecule has 0 spiro atoms. The Balaban J connectivity index is 1.57. The van der Waals surface area contributed by atoms with E-state index in [9.17, 15) is 9.59 Å². The number of rotatable bonds is 8. The summed E-state index contributed by atoms with van der Waals surface area (Å²) >= 11 is 0. The van der Waals surface area contributed by atoms with Gasteiger partial charge in [0.25, 0.3) is 11.7 Å². The number of hydrogen-bond donors (Lipinski definition) is 2. The molecule has 0 radical (unpaired) electrons. The summed E-state index contributed by atoms with van der Waals surface area (Å²) in [7, 11) is 1.62. The van der Waals surface area contributed by atoms with Gasteiger partial charge in [-0.3, -0.25) is 9.59 Å². The zero-order valence-electron chi connectivity index (χ0n) is 19.1. The molecule has 1 saturated heterocycles. The highest BCUT2D eigenvalue weighted by molar-refractivity contribution is 6.47. The van der Waals surface area contributed by atoms with E-state index in [0.717, 1.165) is 48.7 Å². The Kier molecular flexibility index (Phi) is 7.22. The number of Topliss-reactive ketones (excluding diaryl/α,β-unsaturated/α-hetero) is 1. The standard InChI is InChI=1S/C26H30N4O3/c1-19-18-23(20-6-4-3-5-7-20)24(30(19)16-17-33-2)25(31)26(32)28-21-8-10-22(11-9-21)29-14-12-27-13-15-29/h3-11,18,27H,12-17H2,1-2H3,(H,28,32). The van der Waals surface area contributed by atoms with Crippen molar-refractivity contribution < 1.29 is 14.3 Å². The predicted molar refractivity (Wildman–Crippen MR) is 131 cm³/mol. The van der Waals surface area contributed by atoms with Crippen molar-refractivity contribution in [2.24, 2.45) is 0 Å². The maximum atomic E-state index is 13.4. The number of ether oxygens (including phenoxy) is 1. The number of aryl methyl sites for hydroxylation is 1. The third-order valence-electron chi connectivity index (χ3n) is 5.94. The van der Waals surface area contributed by atoms with Gasteiger partial charge < -0.3 is 24.8 Å². The topological polar surface area (TPSA) is 75.6 Å². The molecule has 2 heterocycles. The van der Waals surface area contributed by atoms with Gasteiger partial charge >= 0.3 is 0 Å². The minimum atomic E-state index is -0.654. The maximum Gasteiger partial charge on any atom is 0.298 e. The summed E-state index contributed by atoms with van der Waals surface area (Å²) in [5.74, 6) is -1.22. The number of amides is 1. The van der Waals surface area contributed by atoms with Crippen molar-refractivity contribution in [2.75, 3.05) is 50.1 Å². The molecule has 0 aliphatic carbocycles. The molecule has 0 unspecified atom stereocenters. The molecule has 1 amide bonds. The zero-order valence-corrected chi connectivity index (χ0v) is 19.1. The fourth-order valence-electron chi connectivity index (χ4n) is 4.20. The first-order valence-corrected chi connectivity index (χ1v) is 11.2. The second-order valence-corrected chi connectivity index (χ2v) is 8.13. The van der Waals surface area contributed by atoms with Gasteiger partial charge in [-0.05, 0) is 42.8 Å².